The fourth-order valence-electron chi connectivity index (χ4n) is 6.86. The second-order valence-electron chi connectivity index (χ2n) is 13.1. The number of aromatic hydroxyl groups is 3. The van der Waals surface area contributed by atoms with Crippen molar-refractivity contribution >= 4 is 34.7 Å². The van der Waals surface area contributed by atoms with E-state index in [0.29, 0.717) is 66.8 Å². The molecule has 0 aliphatic heterocycles. The molecule has 3 aliphatic carbocycles. The van der Waals surface area contributed by atoms with Gasteiger partial charge >= 0.3 is 0 Å². The number of fused-ring (bicyclic) bond motifs is 6. The van der Waals surface area contributed by atoms with Gasteiger partial charge in [-0.1, -0.05) is 120 Å². The van der Waals surface area contributed by atoms with Crippen molar-refractivity contribution in [3.05, 3.63) is 193 Å². The SMILES string of the molecule is CC.CC.CC.Cc1c(O)ccc2c1C(=O)c1ccccc1C2=O.Cc1cc2c(cc1O)C(=O)c1ccccc1C2=O.Cc1ccc2c(c1O)C(=O)c1ccccc1C2=O. The van der Waals surface area contributed by atoms with Crippen LogP contribution in [0.15, 0.2) is 109 Å². The molecule has 6 aromatic carbocycles. The molecule has 0 unspecified atom stereocenters. The predicted octanol–water partition coefficient (Wildman–Crippen LogP) is 10.5. The molecule has 3 N–H and O–H groups in total. The van der Waals surface area contributed by atoms with E-state index in [9.17, 15) is 44.1 Å². The molecule has 3 aliphatic rings. The molecule has 9 rings (SSSR count). The van der Waals surface area contributed by atoms with Gasteiger partial charge in [-0.05, 0) is 62.2 Å². The second-order valence-corrected chi connectivity index (χ2v) is 13.1. The summed E-state index contributed by atoms with van der Waals surface area (Å²) in [7, 11) is 0. The molecule has 0 atom stereocenters. The van der Waals surface area contributed by atoms with Crippen molar-refractivity contribution in [1.82, 2.24) is 0 Å². The Morgan fingerprint density at radius 1 is 0.317 bits per heavy atom. The molecular formula is C51H48O9. The molecule has 306 valence electrons. The summed E-state index contributed by atoms with van der Waals surface area (Å²) < 4.78 is 0. The van der Waals surface area contributed by atoms with Crippen LogP contribution in [0, 0.1) is 20.8 Å². The summed E-state index contributed by atoms with van der Waals surface area (Å²) >= 11 is 0. The molecule has 0 heterocycles. The van der Waals surface area contributed by atoms with Crippen molar-refractivity contribution < 1.29 is 44.1 Å². The quantitative estimate of drug-likeness (QED) is 0.135. The maximum Gasteiger partial charge on any atom is 0.198 e. The summed E-state index contributed by atoms with van der Waals surface area (Å²) in [6.45, 7) is 17.1. The molecule has 0 fully saturated rings. The summed E-state index contributed by atoms with van der Waals surface area (Å²) in [5.74, 6) is -1.27. The van der Waals surface area contributed by atoms with Gasteiger partial charge in [0.15, 0.2) is 34.7 Å². The summed E-state index contributed by atoms with van der Waals surface area (Å²) in [6, 6.07) is 29.3. The molecule has 0 radical (unpaired) electrons. The minimum absolute atomic E-state index is 0.0364. The monoisotopic (exact) mass is 804 g/mol. The first-order valence-electron chi connectivity index (χ1n) is 19.9. The van der Waals surface area contributed by atoms with E-state index in [-0.39, 0.29) is 68.6 Å². The molecule has 0 aromatic heterocycles. The van der Waals surface area contributed by atoms with E-state index in [1.54, 1.807) is 112 Å². The second kappa shape index (κ2) is 19.5. The average Bonchev–Trinajstić information content (AvgIpc) is 3.29. The van der Waals surface area contributed by atoms with Gasteiger partial charge in [0.25, 0.3) is 0 Å². The third-order valence-electron chi connectivity index (χ3n) is 9.83. The Morgan fingerprint density at radius 2 is 0.650 bits per heavy atom. The number of hydrogen-bond acceptors (Lipinski definition) is 9. The molecule has 0 saturated heterocycles. The number of phenolic OH excluding ortho intramolecular Hbond substituents is 3. The minimum Gasteiger partial charge on any atom is -0.508 e. The van der Waals surface area contributed by atoms with Crippen LogP contribution in [-0.2, 0) is 0 Å². The van der Waals surface area contributed by atoms with Crippen molar-refractivity contribution in [3.63, 3.8) is 0 Å². The first kappa shape index (κ1) is 45.4. The highest BCUT2D eigenvalue weighted by Crippen LogP contribution is 2.36. The molecule has 60 heavy (non-hydrogen) atoms. The van der Waals surface area contributed by atoms with Gasteiger partial charge < -0.3 is 15.3 Å². The molecule has 9 heteroatoms. The molecular weight excluding hydrogens is 757 g/mol. The van der Waals surface area contributed by atoms with E-state index in [2.05, 4.69) is 0 Å². The third kappa shape index (κ3) is 8.20. The Morgan fingerprint density at radius 3 is 1.08 bits per heavy atom. The number of carbonyl (C=O) groups excluding carboxylic acids is 6. The van der Waals surface area contributed by atoms with E-state index < -0.39 is 0 Å². The van der Waals surface area contributed by atoms with Crippen LogP contribution >= 0.6 is 0 Å². The molecule has 0 saturated carbocycles. The number of rotatable bonds is 0. The van der Waals surface area contributed by atoms with E-state index >= 15 is 0 Å². The van der Waals surface area contributed by atoms with E-state index in [1.165, 1.54) is 18.2 Å². The van der Waals surface area contributed by atoms with Gasteiger partial charge in [0.2, 0.25) is 0 Å². The lowest BCUT2D eigenvalue weighted by molar-refractivity contribution is 0.0976. The lowest BCUT2D eigenvalue weighted by Crippen LogP contribution is -2.21. The molecule has 0 spiro atoms. The van der Waals surface area contributed by atoms with Crippen LogP contribution < -0.4 is 0 Å². The fraction of sp³-hybridized carbons (Fsp3) is 0.176. The highest BCUT2D eigenvalue weighted by molar-refractivity contribution is 6.30. The number of benzene rings is 6. The topological polar surface area (TPSA) is 163 Å². The fourth-order valence-corrected chi connectivity index (χ4v) is 6.86. The zero-order valence-electron chi connectivity index (χ0n) is 35.2. The van der Waals surface area contributed by atoms with Gasteiger partial charge in [0.1, 0.15) is 17.2 Å². The number of phenols is 3. The van der Waals surface area contributed by atoms with Crippen molar-refractivity contribution in [1.29, 1.82) is 0 Å². The number of ketones is 6. The summed E-state index contributed by atoms with van der Waals surface area (Å²) in [5.41, 5.74) is 5.81. The first-order valence-corrected chi connectivity index (χ1v) is 19.9. The Kier molecular flexibility index (Phi) is 14.7. The number of carbonyl (C=O) groups is 6. The van der Waals surface area contributed by atoms with Crippen LogP contribution in [0.3, 0.4) is 0 Å². The van der Waals surface area contributed by atoms with Gasteiger partial charge in [-0.25, -0.2) is 0 Å². The van der Waals surface area contributed by atoms with Crippen LogP contribution in [0.5, 0.6) is 17.2 Å². The standard InChI is InChI=1S/3C15H10O3.3C2H6/c1-8-6-11-12(7-13(8)16)15(18)10-5-3-2-4-9(10)14(11)17;1-8-12(16)7-6-11-13(8)15(18)10-5-3-2-4-9(10)14(11)17;1-8-6-7-11-12(13(8)16)15(18)10-5-3-2-4-9(10)14(11)17;3*1-2/h3*2-7,16H,1H3;3*1-2H3. The van der Waals surface area contributed by atoms with Gasteiger partial charge in [0.05, 0.1) is 5.56 Å². The number of hydrogen-bond donors (Lipinski definition) is 3. The highest BCUT2D eigenvalue weighted by Gasteiger charge is 2.33. The van der Waals surface area contributed by atoms with Gasteiger partial charge in [-0.2, -0.15) is 0 Å². The maximum atomic E-state index is 12.4. The van der Waals surface area contributed by atoms with Crippen LogP contribution in [-0.4, -0.2) is 50.0 Å². The zero-order chi connectivity index (χ0) is 44.6. The van der Waals surface area contributed by atoms with Crippen molar-refractivity contribution in [3.8, 4) is 17.2 Å². The zero-order valence-corrected chi connectivity index (χ0v) is 35.2. The highest BCUT2D eigenvalue weighted by atomic mass is 16.3. The average molecular weight is 805 g/mol. The normalized spacial score (nSPS) is 12.2. The summed E-state index contributed by atoms with van der Waals surface area (Å²) in [5, 5.41) is 29.3. The molecule has 0 amide bonds. The van der Waals surface area contributed by atoms with Crippen molar-refractivity contribution in [2.24, 2.45) is 0 Å². The summed E-state index contributed by atoms with van der Waals surface area (Å²) in [4.78, 5) is 73.8. The van der Waals surface area contributed by atoms with Crippen LogP contribution in [0.2, 0.25) is 0 Å². The summed E-state index contributed by atoms with van der Waals surface area (Å²) in [6.07, 6.45) is 0. The Balaban J connectivity index is 0.000000187. The predicted molar refractivity (Wildman–Crippen MR) is 232 cm³/mol. The van der Waals surface area contributed by atoms with Crippen LogP contribution in [0.25, 0.3) is 0 Å². The van der Waals surface area contributed by atoms with Crippen LogP contribution in [0.4, 0.5) is 0 Å². The lowest BCUT2D eigenvalue weighted by Gasteiger charge is -2.19. The van der Waals surface area contributed by atoms with Crippen molar-refractivity contribution in [2.75, 3.05) is 0 Å². The van der Waals surface area contributed by atoms with Gasteiger partial charge in [-0.3, -0.25) is 28.8 Å². The third-order valence-corrected chi connectivity index (χ3v) is 9.83. The van der Waals surface area contributed by atoms with Crippen LogP contribution in [0.1, 0.15) is 154 Å². The van der Waals surface area contributed by atoms with Gasteiger partial charge in [0, 0.05) is 66.8 Å². The van der Waals surface area contributed by atoms with E-state index in [1.807, 2.05) is 41.5 Å². The molecule has 6 aromatic rings. The van der Waals surface area contributed by atoms with Gasteiger partial charge in [-0.15, -0.1) is 0 Å². The van der Waals surface area contributed by atoms with E-state index in [4.69, 9.17) is 0 Å². The van der Waals surface area contributed by atoms with E-state index in [0.717, 1.165) is 0 Å². The Labute approximate surface area is 350 Å². The molecule has 0 bridgehead atoms. The first-order chi connectivity index (χ1) is 28.8. The Bertz CT molecular complexity index is 2460. The molecule has 9 nitrogen and oxygen atoms in total. The number of aryl methyl sites for hydroxylation is 2. The largest absolute Gasteiger partial charge is 0.508 e. The smallest absolute Gasteiger partial charge is 0.198 e. The maximum absolute atomic E-state index is 12.4. The lowest BCUT2D eigenvalue weighted by atomic mass is 9.82. The Hall–Kier alpha value is -7.26. The minimum atomic E-state index is -0.290. The van der Waals surface area contributed by atoms with Crippen molar-refractivity contribution in [2.45, 2.75) is 62.3 Å².